The van der Waals surface area contributed by atoms with E-state index in [4.69, 9.17) is 9.84 Å². The van der Waals surface area contributed by atoms with Gasteiger partial charge in [-0.2, -0.15) is 0 Å². The second-order valence-corrected chi connectivity index (χ2v) is 5.23. The Kier molecular flexibility index (Phi) is 3.85. The van der Waals surface area contributed by atoms with E-state index in [1.165, 1.54) is 17.9 Å². The fourth-order valence-corrected chi connectivity index (χ4v) is 2.63. The van der Waals surface area contributed by atoms with Crippen LogP contribution in [0.4, 0.5) is 4.79 Å². The number of carbonyl (C=O) groups excluding carboxylic acids is 1. The number of rotatable bonds is 3. The average molecular weight is 309 g/mol. The SMILES string of the molecule is COC(=O)c1cccc(Cc2ccc3c(ccn3C(=O)O)c2)c1. The molecule has 0 fully saturated rings. The molecule has 0 amide bonds. The van der Waals surface area contributed by atoms with Crippen LogP contribution in [0.5, 0.6) is 0 Å². The summed E-state index contributed by atoms with van der Waals surface area (Å²) in [5.41, 5.74) is 3.21. The summed E-state index contributed by atoms with van der Waals surface area (Å²) in [7, 11) is 1.36. The van der Waals surface area contributed by atoms with Crippen LogP contribution in [0.1, 0.15) is 21.5 Å². The predicted octanol–water partition coefficient (Wildman–Crippen LogP) is 3.54. The van der Waals surface area contributed by atoms with Crippen molar-refractivity contribution in [2.24, 2.45) is 0 Å². The van der Waals surface area contributed by atoms with Gasteiger partial charge in [0.2, 0.25) is 0 Å². The highest BCUT2D eigenvalue weighted by Gasteiger charge is 2.09. The van der Waals surface area contributed by atoms with Gasteiger partial charge in [-0.1, -0.05) is 18.2 Å². The van der Waals surface area contributed by atoms with E-state index in [9.17, 15) is 9.59 Å². The highest BCUT2D eigenvalue weighted by atomic mass is 16.5. The van der Waals surface area contributed by atoms with E-state index in [-0.39, 0.29) is 5.97 Å². The Bertz CT molecular complexity index is 895. The standard InChI is InChI=1S/C18H15NO4/c1-23-17(20)15-4-2-3-12(11-15)9-13-5-6-16-14(10-13)7-8-19(16)18(21)22/h2-8,10-11H,9H2,1H3,(H,21,22). The smallest absolute Gasteiger partial charge is 0.415 e. The molecule has 0 atom stereocenters. The first kappa shape index (κ1) is 14.8. The van der Waals surface area contributed by atoms with Crippen molar-refractivity contribution in [1.29, 1.82) is 0 Å². The molecular formula is C18H15NO4. The van der Waals surface area contributed by atoms with Gasteiger partial charge in [-0.25, -0.2) is 9.59 Å². The van der Waals surface area contributed by atoms with E-state index >= 15 is 0 Å². The Balaban J connectivity index is 1.90. The Morgan fingerprint density at radius 2 is 1.87 bits per heavy atom. The molecule has 5 heteroatoms. The van der Waals surface area contributed by atoms with Crippen LogP contribution in [0.3, 0.4) is 0 Å². The minimum absolute atomic E-state index is 0.360. The van der Waals surface area contributed by atoms with Gasteiger partial charge >= 0.3 is 12.1 Å². The van der Waals surface area contributed by atoms with Gasteiger partial charge in [0.05, 0.1) is 18.2 Å². The molecule has 1 aromatic heterocycles. The second-order valence-electron chi connectivity index (χ2n) is 5.23. The van der Waals surface area contributed by atoms with E-state index in [0.29, 0.717) is 17.5 Å². The molecule has 2 aromatic carbocycles. The second kappa shape index (κ2) is 5.96. The first-order valence-electron chi connectivity index (χ1n) is 7.09. The number of aromatic nitrogens is 1. The monoisotopic (exact) mass is 309 g/mol. The molecule has 0 saturated heterocycles. The van der Waals surface area contributed by atoms with Crippen LogP contribution in [0.25, 0.3) is 10.9 Å². The van der Waals surface area contributed by atoms with Crippen molar-refractivity contribution in [2.75, 3.05) is 7.11 Å². The molecule has 0 aliphatic rings. The van der Waals surface area contributed by atoms with Crippen molar-refractivity contribution >= 4 is 23.0 Å². The van der Waals surface area contributed by atoms with Gasteiger partial charge < -0.3 is 9.84 Å². The summed E-state index contributed by atoms with van der Waals surface area (Å²) in [4.78, 5) is 22.7. The maximum Gasteiger partial charge on any atom is 0.415 e. The molecule has 23 heavy (non-hydrogen) atoms. The highest BCUT2D eigenvalue weighted by Crippen LogP contribution is 2.20. The first-order chi connectivity index (χ1) is 11.1. The van der Waals surface area contributed by atoms with Gasteiger partial charge in [0.15, 0.2) is 0 Å². The van der Waals surface area contributed by atoms with Crippen molar-refractivity contribution in [3.8, 4) is 0 Å². The van der Waals surface area contributed by atoms with Gasteiger partial charge in [-0.15, -0.1) is 0 Å². The molecule has 0 unspecified atom stereocenters. The summed E-state index contributed by atoms with van der Waals surface area (Å²) < 4.78 is 5.92. The topological polar surface area (TPSA) is 68.5 Å². The van der Waals surface area contributed by atoms with Crippen molar-refractivity contribution in [1.82, 2.24) is 4.57 Å². The van der Waals surface area contributed by atoms with Crippen LogP contribution in [0, 0.1) is 0 Å². The van der Waals surface area contributed by atoms with Crippen LogP contribution in [0.15, 0.2) is 54.7 Å². The first-order valence-corrected chi connectivity index (χ1v) is 7.09. The number of hydrogen-bond acceptors (Lipinski definition) is 3. The summed E-state index contributed by atoms with van der Waals surface area (Å²) in [6, 6.07) is 14.7. The van der Waals surface area contributed by atoms with E-state index in [0.717, 1.165) is 16.5 Å². The lowest BCUT2D eigenvalue weighted by Gasteiger charge is -2.05. The number of esters is 1. The number of carbonyl (C=O) groups is 2. The Morgan fingerprint density at radius 1 is 1.09 bits per heavy atom. The normalized spacial score (nSPS) is 10.7. The molecule has 0 saturated carbocycles. The minimum Gasteiger partial charge on any atom is -0.465 e. The maximum absolute atomic E-state index is 11.6. The third-order valence-electron chi connectivity index (χ3n) is 3.72. The Hall–Kier alpha value is -3.08. The molecule has 1 N–H and O–H groups in total. The lowest BCUT2D eigenvalue weighted by molar-refractivity contribution is 0.0600. The number of nitrogens with zero attached hydrogens (tertiary/aromatic N) is 1. The van der Waals surface area contributed by atoms with E-state index in [1.807, 2.05) is 24.3 Å². The van der Waals surface area contributed by atoms with Crippen molar-refractivity contribution in [2.45, 2.75) is 6.42 Å². The van der Waals surface area contributed by atoms with E-state index in [2.05, 4.69) is 0 Å². The third-order valence-corrected chi connectivity index (χ3v) is 3.72. The molecule has 0 aliphatic carbocycles. The highest BCUT2D eigenvalue weighted by molar-refractivity contribution is 5.90. The zero-order chi connectivity index (χ0) is 16.4. The lowest BCUT2D eigenvalue weighted by Crippen LogP contribution is -2.05. The number of methoxy groups -OCH3 is 1. The number of hydrogen-bond donors (Lipinski definition) is 1. The Labute approximate surface area is 132 Å². The fraction of sp³-hybridized carbons (Fsp3) is 0.111. The largest absolute Gasteiger partial charge is 0.465 e. The summed E-state index contributed by atoms with van der Waals surface area (Å²) in [6.07, 6.45) is 1.19. The van der Waals surface area contributed by atoms with Crippen LogP contribution in [-0.4, -0.2) is 28.8 Å². The fourth-order valence-electron chi connectivity index (χ4n) is 2.63. The summed E-state index contributed by atoms with van der Waals surface area (Å²) in [5, 5.41) is 9.97. The van der Waals surface area contributed by atoms with Crippen LogP contribution < -0.4 is 0 Å². The summed E-state index contributed by atoms with van der Waals surface area (Å²) in [6.45, 7) is 0. The number of ether oxygens (including phenoxy) is 1. The van der Waals surface area contributed by atoms with Crippen molar-refractivity contribution in [3.05, 3.63) is 71.4 Å². The minimum atomic E-state index is -1.00. The zero-order valence-electron chi connectivity index (χ0n) is 12.5. The molecule has 0 spiro atoms. The molecule has 0 bridgehead atoms. The molecule has 1 heterocycles. The Morgan fingerprint density at radius 3 is 2.61 bits per heavy atom. The third kappa shape index (κ3) is 2.94. The van der Waals surface area contributed by atoms with Gasteiger partial charge in [0.25, 0.3) is 0 Å². The molecule has 0 radical (unpaired) electrons. The molecule has 116 valence electrons. The van der Waals surface area contributed by atoms with Gasteiger partial charge in [-0.3, -0.25) is 4.57 Å². The molecular weight excluding hydrogens is 294 g/mol. The summed E-state index contributed by atoms with van der Waals surface area (Å²) in [5.74, 6) is -0.360. The lowest BCUT2D eigenvalue weighted by atomic mass is 10.0. The number of carboxylic acid groups (broad SMARTS) is 1. The molecule has 3 rings (SSSR count). The van der Waals surface area contributed by atoms with Gasteiger partial charge in [0.1, 0.15) is 0 Å². The zero-order valence-corrected chi connectivity index (χ0v) is 12.5. The number of benzene rings is 2. The average Bonchev–Trinajstić information content (AvgIpc) is 2.97. The quantitative estimate of drug-likeness (QED) is 0.751. The number of fused-ring (bicyclic) bond motifs is 1. The van der Waals surface area contributed by atoms with Gasteiger partial charge in [-0.05, 0) is 47.9 Å². The summed E-state index contributed by atoms with van der Waals surface area (Å²) >= 11 is 0. The molecule has 3 aromatic rings. The molecule has 0 aliphatic heterocycles. The van der Waals surface area contributed by atoms with Crippen LogP contribution in [0.2, 0.25) is 0 Å². The van der Waals surface area contributed by atoms with Crippen molar-refractivity contribution in [3.63, 3.8) is 0 Å². The van der Waals surface area contributed by atoms with Crippen molar-refractivity contribution < 1.29 is 19.4 Å². The van der Waals surface area contributed by atoms with E-state index in [1.54, 1.807) is 24.3 Å². The predicted molar refractivity (Wildman–Crippen MR) is 85.9 cm³/mol. The van der Waals surface area contributed by atoms with Gasteiger partial charge in [0, 0.05) is 11.6 Å². The van der Waals surface area contributed by atoms with Crippen LogP contribution >= 0.6 is 0 Å². The van der Waals surface area contributed by atoms with Crippen LogP contribution in [-0.2, 0) is 11.2 Å². The maximum atomic E-state index is 11.6. The molecule has 5 nitrogen and oxygen atoms in total. The van der Waals surface area contributed by atoms with E-state index < -0.39 is 6.09 Å².